The average molecular weight is 235 g/mol. The Kier molecular flexibility index (Phi) is 4.21. The van der Waals surface area contributed by atoms with Crippen molar-refractivity contribution in [2.24, 2.45) is 11.8 Å². The second-order valence-electron chi connectivity index (χ2n) is 5.33. The van der Waals surface area contributed by atoms with E-state index >= 15 is 0 Å². The summed E-state index contributed by atoms with van der Waals surface area (Å²) < 4.78 is 2.30. The van der Waals surface area contributed by atoms with Crippen LogP contribution < -0.4 is 5.32 Å². The van der Waals surface area contributed by atoms with Crippen molar-refractivity contribution in [2.45, 2.75) is 52.1 Å². The molecule has 17 heavy (non-hydrogen) atoms. The van der Waals surface area contributed by atoms with Gasteiger partial charge in [0, 0.05) is 31.4 Å². The van der Waals surface area contributed by atoms with Crippen LogP contribution >= 0.6 is 0 Å². The standard InChI is InChI=1S/C14H25N3/c1-4-8-17-9-7-16-14(17)10-13(15-3)11(2)12-5-6-12/h7,9,11-13,15H,4-6,8,10H2,1-3H3. The van der Waals surface area contributed by atoms with Gasteiger partial charge in [-0.15, -0.1) is 0 Å². The predicted molar refractivity (Wildman–Crippen MR) is 71.0 cm³/mol. The Bertz CT molecular complexity index is 341. The number of nitrogens with zero attached hydrogens (tertiary/aromatic N) is 2. The predicted octanol–water partition coefficient (Wildman–Crippen LogP) is 2.47. The second-order valence-corrected chi connectivity index (χ2v) is 5.33. The summed E-state index contributed by atoms with van der Waals surface area (Å²) in [6, 6.07) is 0.570. The molecule has 2 unspecified atom stereocenters. The molecule has 1 heterocycles. The van der Waals surface area contributed by atoms with E-state index < -0.39 is 0 Å². The third-order valence-electron chi connectivity index (χ3n) is 4.04. The van der Waals surface area contributed by atoms with Crippen LogP contribution in [-0.4, -0.2) is 22.6 Å². The molecule has 1 aliphatic rings. The molecule has 1 aliphatic carbocycles. The first-order chi connectivity index (χ1) is 8.26. The van der Waals surface area contributed by atoms with Crippen molar-refractivity contribution >= 4 is 0 Å². The summed E-state index contributed by atoms with van der Waals surface area (Å²) in [6.07, 6.45) is 9.10. The van der Waals surface area contributed by atoms with Crippen molar-refractivity contribution in [3.8, 4) is 0 Å². The Morgan fingerprint density at radius 1 is 1.53 bits per heavy atom. The lowest BCUT2D eigenvalue weighted by molar-refractivity contribution is 0.349. The van der Waals surface area contributed by atoms with Crippen LogP contribution in [0.4, 0.5) is 0 Å². The molecule has 1 saturated carbocycles. The number of aromatic nitrogens is 2. The summed E-state index contributed by atoms with van der Waals surface area (Å²) in [5.41, 5.74) is 0. The van der Waals surface area contributed by atoms with Crippen molar-refractivity contribution in [2.75, 3.05) is 7.05 Å². The van der Waals surface area contributed by atoms with Crippen LogP contribution in [0.25, 0.3) is 0 Å². The number of hydrogen-bond acceptors (Lipinski definition) is 2. The summed E-state index contributed by atoms with van der Waals surface area (Å²) in [5, 5.41) is 3.48. The van der Waals surface area contributed by atoms with Gasteiger partial charge in [0.15, 0.2) is 0 Å². The van der Waals surface area contributed by atoms with Crippen molar-refractivity contribution in [1.82, 2.24) is 14.9 Å². The number of imidazole rings is 1. The fourth-order valence-electron chi connectivity index (χ4n) is 2.67. The monoisotopic (exact) mass is 235 g/mol. The van der Waals surface area contributed by atoms with Crippen LogP contribution in [0.2, 0.25) is 0 Å². The fourth-order valence-corrected chi connectivity index (χ4v) is 2.67. The van der Waals surface area contributed by atoms with E-state index in [2.05, 4.69) is 42.0 Å². The molecule has 0 amide bonds. The maximum atomic E-state index is 4.51. The minimum absolute atomic E-state index is 0.570. The number of nitrogens with one attached hydrogen (secondary N) is 1. The van der Waals surface area contributed by atoms with Gasteiger partial charge in [-0.3, -0.25) is 0 Å². The van der Waals surface area contributed by atoms with Gasteiger partial charge in [-0.2, -0.15) is 0 Å². The molecule has 1 N–H and O–H groups in total. The molecule has 0 radical (unpaired) electrons. The van der Waals surface area contributed by atoms with E-state index in [4.69, 9.17) is 0 Å². The third-order valence-corrected chi connectivity index (χ3v) is 4.04. The van der Waals surface area contributed by atoms with E-state index in [1.165, 1.54) is 25.1 Å². The summed E-state index contributed by atoms with van der Waals surface area (Å²) >= 11 is 0. The largest absolute Gasteiger partial charge is 0.335 e. The summed E-state index contributed by atoms with van der Waals surface area (Å²) in [5.74, 6) is 2.95. The quantitative estimate of drug-likeness (QED) is 0.787. The van der Waals surface area contributed by atoms with Crippen molar-refractivity contribution in [3.63, 3.8) is 0 Å². The van der Waals surface area contributed by atoms with Crippen LogP contribution in [0.15, 0.2) is 12.4 Å². The molecular formula is C14H25N3. The van der Waals surface area contributed by atoms with Gasteiger partial charge in [-0.05, 0) is 38.1 Å². The van der Waals surface area contributed by atoms with Gasteiger partial charge in [0.25, 0.3) is 0 Å². The number of rotatable bonds is 7. The number of hydrogen-bond donors (Lipinski definition) is 1. The SMILES string of the molecule is CCCn1ccnc1CC(NC)C(C)C1CC1. The van der Waals surface area contributed by atoms with E-state index in [9.17, 15) is 0 Å². The van der Waals surface area contributed by atoms with E-state index in [0.29, 0.717) is 6.04 Å². The number of aryl methyl sites for hydroxylation is 1. The minimum Gasteiger partial charge on any atom is -0.335 e. The molecule has 0 spiro atoms. The first kappa shape index (κ1) is 12.6. The van der Waals surface area contributed by atoms with Crippen LogP contribution in [0.1, 0.15) is 38.9 Å². The first-order valence-electron chi connectivity index (χ1n) is 6.93. The molecule has 0 saturated heterocycles. The molecule has 3 heteroatoms. The molecular weight excluding hydrogens is 210 g/mol. The molecule has 2 rings (SSSR count). The van der Waals surface area contributed by atoms with Crippen molar-refractivity contribution < 1.29 is 0 Å². The lowest BCUT2D eigenvalue weighted by Gasteiger charge is -2.23. The maximum Gasteiger partial charge on any atom is 0.110 e. The summed E-state index contributed by atoms with van der Waals surface area (Å²) in [7, 11) is 2.08. The molecule has 0 bridgehead atoms. The summed E-state index contributed by atoms with van der Waals surface area (Å²) in [4.78, 5) is 4.51. The number of likely N-dealkylation sites (N-methyl/N-ethyl adjacent to an activating group) is 1. The van der Waals surface area contributed by atoms with E-state index in [0.717, 1.165) is 24.8 Å². The highest BCUT2D eigenvalue weighted by Gasteiger charge is 2.33. The Hall–Kier alpha value is -0.830. The highest BCUT2D eigenvalue weighted by molar-refractivity contribution is 4.98. The fraction of sp³-hybridized carbons (Fsp3) is 0.786. The average Bonchev–Trinajstić information content (AvgIpc) is 3.09. The van der Waals surface area contributed by atoms with Crippen LogP contribution in [0.5, 0.6) is 0 Å². The van der Waals surface area contributed by atoms with E-state index in [1.54, 1.807) is 0 Å². The molecule has 0 aliphatic heterocycles. The van der Waals surface area contributed by atoms with Gasteiger partial charge in [0.05, 0.1) is 0 Å². The van der Waals surface area contributed by atoms with Crippen molar-refractivity contribution in [1.29, 1.82) is 0 Å². The topological polar surface area (TPSA) is 29.9 Å². The van der Waals surface area contributed by atoms with Gasteiger partial charge < -0.3 is 9.88 Å². The van der Waals surface area contributed by atoms with E-state index in [-0.39, 0.29) is 0 Å². The van der Waals surface area contributed by atoms with Crippen LogP contribution in [0.3, 0.4) is 0 Å². The van der Waals surface area contributed by atoms with Crippen LogP contribution in [-0.2, 0) is 13.0 Å². The highest BCUT2D eigenvalue weighted by Crippen LogP contribution is 2.38. The molecule has 1 aromatic heterocycles. The second kappa shape index (κ2) is 5.67. The molecule has 2 atom stereocenters. The maximum absolute atomic E-state index is 4.51. The van der Waals surface area contributed by atoms with Gasteiger partial charge in [-0.1, -0.05) is 13.8 Å². The zero-order chi connectivity index (χ0) is 12.3. The zero-order valence-electron chi connectivity index (χ0n) is 11.3. The van der Waals surface area contributed by atoms with E-state index in [1.807, 2.05) is 6.20 Å². The lowest BCUT2D eigenvalue weighted by Crippen LogP contribution is -2.36. The smallest absolute Gasteiger partial charge is 0.110 e. The zero-order valence-corrected chi connectivity index (χ0v) is 11.3. The lowest BCUT2D eigenvalue weighted by atomic mass is 9.94. The molecule has 3 nitrogen and oxygen atoms in total. The van der Waals surface area contributed by atoms with Gasteiger partial charge in [-0.25, -0.2) is 4.98 Å². The van der Waals surface area contributed by atoms with Gasteiger partial charge in [0.2, 0.25) is 0 Å². The molecule has 96 valence electrons. The Morgan fingerprint density at radius 2 is 2.29 bits per heavy atom. The van der Waals surface area contributed by atoms with Gasteiger partial charge >= 0.3 is 0 Å². The molecule has 0 aromatic carbocycles. The Labute approximate surface area is 105 Å². The van der Waals surface area contributed by atoms with Crippen LogP contribution in [0, 0.1) is 11.8 Å². The minimum atomic E-state index is 0.570. The molecule has 1 aromatic rings. The highest BCUT2D eigenvalue weighted by atomic mass is 15.1. The van der Waals surface area contributed by atoms with Crippen molar-refractivity contribution in [3.05, 3.63) is 18.2 Å². The normalized spacial score (nSPS) is 19.2. The van der Waals surface area contributed by atoms with Gasteiger partial charge in [0.1, 0.15) is 5.82 Å². The Balaban J connectivity index is 1.98. The third kappa shape index (κ3) is 3.09. The molecule has 1 fully saturated rings. The summed E-state index contributed by atoms with van der Waals surface area (Å²) in [6.45, 7) is 5.68. The first-order valence-corrected chi connectivity index (χ1v) is 6.93. The Morgan fingerprint density at radius 3 is 2.88 bits per heavy atom.